The number of nitrogens with zero attached hydrogens (tertiary/aromatic N) is 1. The lowest BCUT2D eigenvalue weighted by molar-refractivity contribution is -0.137. The number of hydrogen-bond donors (Lipinski definition) is 0. The second-order valence-corrected chi connectivity index (χ2v) is 6.86. The van der Waals surface area contributed by atoms with Gasteiger partial charge in [0.1, 0.15) is 0 Å². The highest BCUT2D eigenvalue weighted by atomic mass is 16.5. The van der Waals surface area contributed by atoms with Crippen LogP contribution in [0.2, 0.25) is 0 Å². The van der Waals surface area contributed by atoms with Crippen molar-refractivity contribution >= 4 is 5.97 Å². The van der Waals surface area contributed by atoms with Crippen molar-refractivity contribution < 1.29 is 14.3 Å². The maximum atomic E-state index is 10.9. The van der Waals surface area contributed by atoms with Crippen LogP contribution in [0.25, 0.3) is 0 Å². The standard InChI is InChI=1S/C22H29NO3/c1-2-22(24)26-16-6-4-3-5-15-25-21-13-11-20(12-14-21)19-9-7-18(17-23)8-10-19/h2,7-10,20-21H,1,3-6,11-16H2. The molecule has 0 radical (unpaired) electrons. The maximum Gasteiger partial charge on any atom is 0.330 e. The van der Waals surface area contributed by atoms with Crippen LogP contribution in [-0.2, 0) is 14.3 Å². The number of carbonyl (C=O) groups excluding carboxylic acids is 1. The summed E-state index contributed by atoms with van der Waals surface area (Å²) in [6.07, 6.45) is 10.2. The van der Waals surface area contributed by atoms with Crippen LogP contribution in [-0.4, -0.2) is 25.3 Å². The smallest absolute Gasteiger partial charge is 0.330 e. The number of ether oxygens (including phenoxy) is 2. The summed E-state index contributed by atoms with van der Waals surface area (Å²) in [5, 5.41) is 8.88. The molecule has 1 aliphatic carbocycles. The summed E-state index contributed by atoms with van der Waals surface area (Å²) < 4.78 is 11.0. The van der Waals surface area contributed by atoms with Crippen LogP contribution in [0.1, 0.15) is 68.4 Å². The molecule has 1 aromatic carbocycles. The Bertz CT molecular complexity index is 595. The second kappa shape index (κ2) is 11.5. The molecule has 0 saturated heterocycles. The molecule has 2 rings (SSSR count). The molecule has 0 N–H and O–H groups in total. The molecule has 1 saturated carbocycles. The molecule has 0 aromatic heterocycles. The molecule has 0 spiro atoms. The van der Waals surface area contributed by atoms with Gasteiger partial charge in [0.2, 0.25) is 0 Å². The van der Waals surface area contributed by atoms with Crippen LogP contribution < -0.4 is 0 Å². The molecule has 0 amide bonds. The van der Waals surface area contributed by atoms with E-state index in [-0.39, 0.29) is 5.97 Å². The molecule has 0 atom stereocenters. The number of nitriles is 1. The van der Waals surface area contributed by atoms with Gasteiger partial charge < -0.3 is 9.47 Å². The van der Waals surface area contributed by atoms with E-state index in [1.54, 1.807) is 0 Å². The summed E-state index contributed by atoms with van der Waals surface area (Å²) in [6.45, 7) is 4.67. The molecule has 140 valence electrons. The molecule has 0 heterocycles. The SMILES string of the molecule is C=CC(=O)OCCCCCCOC1CCC(c2ccc(C#N)cc2)CC1. The van der Waals surface area contributed by atoms with Crippen LogP contribution in [0.3, 0.4) is 0 Å². The van der Waals surface area contributed by atoms with Gasteiger partial charge in [-0.2, -0.15) is 5.26 Å². The molecule has 0 unspecified atom stereocenters. The van der Waals surface area contributed by atoms with E-state index in [4.69, 9.17) is 14.7 Å². The van der Waals surface area contributed by atoms with Crippen molar-refractivity contribution in [3.05, 3.63) is 48.0 Å². The third-order valence-electron chi connectivity index (χ3n) is 4.99. The van der Waals surface area contributed by atoms with E-state index in [0.29, 0.717) is 18.6 Å². The molecule has 1 fully saturated rings. The van der Waals surface area contributed by atoms with E-state index in [2.05, 4.69) is 24.8 Å². The molecular formula is C22H29NO3. The van der Waals surface area contributed by atoms with Gasteiger partial charge in [0.15, 0.2) is 0 Å². The Morgan fingerprint density at radius 1 is 1.08 bits per heavy atom. The van der Waals surface area contributed by atoms with Gasteiger partial charge in [0, 0.05) is 12.7 Å². The maximum absolute atomic E-state index is 10.9. The van der Waals surface area contributed by atoms with Crippen molar-refractivity contribution in [2.24, 2.45) is 0 Å². The van der Waals surface area contributed by atoms with Crippen molar-refractivity contribution in [2.75, 3.05) is 13.2 Å². The van der Waals surface area contributed by atoms with Crippen molar-refractivity contribution in [2.45, 2.75) is 63.4 Å². The minimum atomic E-state index is -0.343. The fourth-order valence-corrected chi connectivity index (χ4v) is 3.43. The first-order chi connectivity index (χ1) is 12.7. The van der Waals surface area contributed by atoms with Gasteiger partial charge in [0.05, 0.1) is 24.3 Å². The van der Waals surface area contributed by atoms with Gasteiger partial charge in [-0.1, -0.05) is 25.1 Å². The number of hydrogen-bond acceptors (Lipinski definition) is 4. The van der Waals surface area contributed by atoms with Gasteiger partial charge in [-0.05, 0) is 68.6 Å². The summed E-state index contributed by atoms with van der Waals surface area (Å²) in [4.78, 5) is 10.9. The predicted octanol–water partition coefficient (Wildman–Crippen LogP) is 4.89. The summed E-state index contributed by atoms with van der Waals surface area (Å²) in [5.41, 5.74) is 2.07. The zero-order valence-electron chi connectivity index (χ0n) is 15.5. The molecule has 26 heavy (non-hydrogen) atoms. The average molecular weight is 355 g/mol. The molecular weight excluding hydrogens is 326 g/mol. The highest BCUT2D eigenvalue weighted by molar-refractivity contribution is 5.81. The summed E-state index contributed by atoms with van der Waals surface area (Å²) >= 11 is 0. The Balaban J connectivity index is 1.52. The Hall–Kier alpha value is -2.12. The van der Waals surface area contributed by atoms with Crippen molar-refractivity contribution in [3.8, 4) is 6.07 Å². The Labute approximate surface area is 156 Å². The first-order valence-electron chi connectivity index (χ1n) is 9.63. The van der Waals surface area contributed by atoms with Crippen LogP contribution in [0.5, 0.6) is 0 Å². The first-order valence-corrected chi connectivity index (χ1v) is 9.63. The van der Waals surface area contributed by atoms with Crippen LogP contribution >= 0.6 is 0 Å². The van der Waals surface area contributed by atoms with E-state index < -0.39 is 0 Å². The minimum Gasteiger partial charge on any atom is -0.463 e. The lowest BCUT2D eigenvalue weighted by atomic mass is 9.82. The third kappa shape index (κ3) is 7.01. The van der Waals surface area contributed by atoms with Gasteiger partial charge in [-0.15, -0.1) is 0 Å². The number of rotatable bonds is 10. The van der Waals surface area contributed by atoms with Crippen LogP contribution in [0.4, 0.5) is 0 Å². The quantitative estimate of drug-likeness (QED) is 0.340. The molecule has 4 heteroatoms. The summed E-state index contributed by atoms with van der Waals surface area (Å²) in [5.74, 6) is 0.255. The van der Waals surface area contributed by atoms with Crippen molar-refractivity contribution in [1.29, 1.82) is 5.26 Å². The third-order valence-corrected chi connectivity index (χ3v) is 4.99. The van der Waals surface area contributed by atoms with E-state index in [1.165, 1.54) is 11.6 Å². The fourth-order valence-electron chi connectivity index (χ4n) is 3.43. The molecule has 4 nitrogen and oxygen atoms in total. The predicted molar refractivity (Wildman–Crippen MR) is 102 cm³/mol. The second-order valence-electron chi connectivity index (χ2n) is 6.86. The van der Waals surface area contributed by atoms with Gasteiger partial charge >= 0.3 is 5.97 Å². The van der Waals surface area contributed by atoms with E-state index in [0.717, 1.165) is 63.5 Å². The monoisotopic (exact) mass is 355 g/mol. The molecule has 1 aliphatic rings. The number of carbonyl (C=O) groups is 1. The van der Waals surface area contributed by atoms with Gasteiger partial charge in [-0.25, -0.2) is 4.79 Å². The van der Waals surface area contributed by atoms with Crippen LogP contribution in [0.15, 0.2) is 36.9 Å². The van der Waals surface area contributed by atoms with Gasteiger partial charge in [0.25, 0.3) is 0 Å². The highest BCUT2D eigenvalue weighted by Gasteiger charge is 2.22. The Kier molecular flexibility index (Phi) is 8.92. The molecule has 0 aliphatic heterocycles. The molecule has 1 aromatic rings. The zero-order valence-corrected chi connectivity index (χ0v) is 15.5. The Morgan fingerprint density at radius 3 is 2.35 bits per heavy atom. The summed E-state index contributed by atoms with van der Waals surface area (Å²) in [7, 11) is 0. The molecule has 0 bridgehead atoms. The highest BCUT2D eigenvalue weighted by Crippen LogP contribution is 2.34. The largest absolute Gasteiger partial charge is 0.463 e. The van der Waals surface area contributed by atoms with E-state index in [9.17, 15) is 4.79 Å². The fraction of sp³-hybridized carbons (Fsp3) is 0.545. The number of esters is 1. The Morgan fingerprint density at radius 2 is 1.73 bits per heavy atom. The van der Waals surface area contributed by atoms with Crippen LogP contribution in [0, 0.1) is 11.3 Å². The lowest BCUT2D eigenvalue weighted by Crippen LogP contribution is -2.21. The van der Waals surface area contributed by atoms with E-state index >= 15 is 0 Å². The number of benzene rings is 1. The topological polar surface area (TPSA) is 59.3 Å². The first kappa shape index (κ1) is 20.2. The van der Waals surface area contributed by atoms with E-state index in [1.807, 2.05) is 12.1 Å². The average Bonchev–Trinajstić information content (AvgIpc) is 2.70. The lowest BCUT2D eigenvalue weighted by Gasteiger charge is -2.29. The minimum absolute atomic E-state index is 0.343. The summed E-state index contributed by atoms with van der Waals surface area (Å²) in [6, 6.07) is 10.2. The van der Waals surface area contributed by atoms with Gasteiger partial charge in [-0.3, -0.25) is 0 Å². The zero-order chi connectivity index (χ0) is 18.6. The normalized spacial score (nSPS) is 19.5. The van der Waals surface area contributed by atoms with Crippen molar-refractivity contribution in [1.82, 2.24) is 0 Å². The van der Waals surface area contributed by atoms with Crippen molar-refractivity contribution in [3.63, 3.8) is 0 Å². The number of unbranched alkanes of at least 4 members (excludes halogenated alkanes) is 3.